The van der Waals surface area contributed by atoms with Gasteiger partial charge in [0.25, 0.3) is 0 Å². The van der Waals surface area contributed by atoms with E-state index < -0.39 is 12.0 Å². The van der Waals surface area contributed by atoms with Crippen LogP contribution in [-0.2, 0) is 16.0 Å². The summed E-state index contributed by atoms with van der Waals surface area (Å²) in [6.45, 7) is 0. The zero-order valence-electron chi connectivity index (χ0n) is 11.4. The molecule has 2 aromatic carbocycles. The van der Waals surface area contributed by atoms with Gasteiger partial charge in [-0.1, -0.05) is 42.5 Å². The summed E-state index contributed by atoms with van der Waals surface area (Å²) in [5.74, 6) is -0.114. The minimum Gasteiger partial charge on any atom is -0.480 e. The van der Waals surface area contributed by atoms with Crippen molar-refractivity contribution >= 4 is 34.4 Å². The van der Waals surface area contributed by atoms with Crippen LogP contribution in [0.5, 0.6) is 0 Å². The van der Waals surface area contributed by atoms with Gasteiger partial charge in [0, 0.05) is 5.75 Å². The van der Waals surface area contributed by atoms with Crippen LogP contribution < -0.4 is 0 Å². The first-order valence-corrected chi connectivity index (χ1v) is 7.88. The highest BCUT2D eigenvalue weighted by Crippen LogP contribution is 2.23. The molecule has 4 nitrogen and oxygen atoms in total. The number of amides is 1. The number of rotatable bonds is 3. The average molecular weight is 301 g/mol. The molecule has 1 fully saturated rings. The lowest BCUT2D eigenvalue weighted by Gasteiger charge is -2.20. The SMILES string of the molecule is O=C(O)C1CSCN1C(=O)Cc1ccc2ccccc2c1. The first-order valence-electron chi connectivity index (χ1n) is 6.73. The van der Waals surface area contributed by atoms with E-state index >= 15 is 0 Å². The van der Waals surface area contributed by atoms with Crippen molar-refractivity contribution in [2.45, 2.75) is 12.5 Å². The van der Waals surface area contributed by atoms with Crippen LogP contribution in [0.25, 0.3) is 10.8 Å². The number of hydrogen-bond acceptors (Lipinski definition) is 3. The van der Waals surface area contributed by atoms with Crippen LogP contribution >= 0.6 is 11.8 Å². The molecule has 0 radical (unpaired) electrons. The Hall–Kier alpha value is -2.01. The van der Waals surface area contributed by atoms with Crippen molar-refractivity contribution in [3.8, 4) is 0 Å². The molecule has 1 unspecified atom stereocenters. The topological polar surface area (TPSA) is 57.6 Å². The van der Waals surface area contributed by atoms with E-state index in [0.717, 1.165) is 16.3 Å². The summed E-state index contributed by atoms with van der Waals surface area (Å²) in [7, 11) is 0. The number of benzene rings is 2. The highest BCUT2D eigenvalue weighted by molar-refractivity contribution is 7.99. The largest absolute Gasteiger partial charge is 0.480 e. The monoisotopic (exact) mass is 301 g/mol. The van der Waals surface area contributed by atoms with Crippen molar-refractivity contribution in [3.63, 3.8) is 0 Å². The number of carbonyl (C=O) groups is 2. The molecule has 2 aromatic rings. The smallest absolute Gasteiger partial charge is 0.327 e. The number of thioether (sulfide) groups is 1. The maximum atomic E-state index is 12.3. The van der Waals surface area contributed by atoms with Gasteiger partial charge in [-0.25, -0.2) is 4.79 Å². The van der Waals surface area contributed by atoms with Gasteiger partial charge < -0.3 is 10.0 Å². The van der Waals surface area contributed by atoms with E-state index in [1.165, 1.54) is 16.7 Å². The maximum absolute atomic E-state index is 12.3. The molecule has 1 heterocycles. The molecule has 0 bridgehead atoms. The molecule has 0 aliphatic carbocycles. The number of hydrogen-bond donors (Lipinski definition) is 1. The minimum absolute atomic E-state index is 0.123. The Morgan fingerprint density at radius 1 is 1.19 bits per heavy atom. The van der Waals surface area contributed by atoms with Gasteiger partial charge in [-0.05, 0) is 16.3 Å². The number of nitrogens with zero attached hydrogens (tertiary/aromatic N) is 1. The summed E-state index contributed by atoms with van der Waals surface area (Å²) in [5, 5.41) is 11.4. The van der Waals surface area contributed by atoms with E-state index in [1.54, 1.807) is 0 Å². The van der Waals surface area contributed by atoms with E-state index in [0.29, 0.717) is 11.6 Å². The second-order valence-electron chi connectivity index (χ2n) is 5.08. The van der Waals surface area contributed by atoms with Crippen molar-refractivity contribution in [1.29, 1.82) is 0 Å². The fourth-order valence-electron chi connectivity index (χ4n) is 2.52. The third kappa shape index (κ3) is 2.88. The van der Waals surface area contributed by atoms with Gasteiger partial charge >= 0.3 is 5.97 Å². The molecule has 1 N–H and O–H groups in total. The van der Waals surface area contributed by atoms with Crippen LogP contribution in [0.2, 0.25) is 0 Å². The molecule has 0 spiro atoms. The lowest BCUT2D eigenvalue weighted by molar-refractivity contribution is -0.147. The Morgan fingerprint density at radius 2 is 1.95 bits per heavy atom. The lowest BCUT2D eigenvalue weighted by Crippen LogP contribution is -2.42. The standard InChI is InChI=1S/C16H15NO3S/c18-15(17-10-21-9-14(17)16(19)20)8-11-5-6-12-3-1-2-4-13(12)7-11/h1-7,14H,8-10H2,(H,19,20). The molecule has 1 amide bonds. The average Bonchev–Trinajstić information content (AvgIpc) is 2.97. The first kappa shape index (κ1) is 13.9. The van der Waals surface area contributed by atoms with Crippen molar-refractivity contribution < 1.29 is 14.7 Å². The Morgan fingerprint density at radius 3 is 2.71 bits per heavy atom. The predicted molar refractivity (Wildman–Crippen MR) is 83.2 cm³/mol. The third-order valence-corrected chi connectivity index (χ3v) is 4.67. The normalized spacial score (nSPS) is 18.1. The summed E-state index contributed by atoms with van der Waals surface area (Å²) in [6.07, 6.45) is 0.245. The molecule has 0 saturated carbocycles. The molecule has 108 valence electrons. The molecular weight excluding hydrogens is 286 g/mol. The zero-order valence-corrected chi connectivity index (χ0v) is 12.2. The third-order valence-electron chi connectivity index (χ3n) is 3.66. The second kappa shape index (κ2) is 5.77. The van der Waals surface area contributed by atoms with Gasteiger partial charge in [0.05, 0.1) is 12.3 Å². The van der Waals surface area contributed by atoms with Crippen molar-refractivity contribution in [2.75, 3.05) is 11.6 Å². The minimum atomic E-state index is -0.924. The van der Waals surface area contributed by atoms with Crippen LogP contribution in [0.3, 0.4) is 0 Å². The first-order chi connectivity index (χ1) is 10.1. The number of carboxylic acid groups (broad SMARTS) is 1. The highest BCUT2D eigenvalue weighted by atomic mass is 32.2. The number of carbonyl (C=O) groups excluding carboxylic acids is 1. The van der Waals surface area contributed by atoms with Crippen LogP contribution in [0.1, 0.15) is 5.56 Å². The summed E-state index contributed by atoms with van der Waals surface area (Å²) in [5.41, 5.74) is 0.916. The summed E-state index contributed by atoms with van der Waals surface area (Å²) >= 11 is 1.48. The molecule has 1 saturated heterocycles. The summed E-state index contributed by atoms with van der Waals surface area (Å²) in [4.78, 5) is 24.9. The van der Waals surface area contributed by atoms with Crippen LogP contribution in [0, 0.1) is 0 Å². The van der Waals surface area contributed by atoms with Gasteiger partial charge in [-0.2, -0.15) is 0 Å². The quantitative estimate of drug-likeness (QED) is 0.945. The van der Waals surface area contributed by atoms with Gasteiger partial charge in [0.15, 0.2) is 0 Å². The van der Waals surface area contributed by atoms with E-state index in [9.17, 15) is 9.59 Å². The van der Waals surface area contributed by atoms with Gasteiger partial charge in [0.1, 0.15) is 6.04 Å². The second-order valence-corrected chi connectivity index (χ2v) is 6.08. The molecular formula is C16H15NO3S. The Kier molecular flexibility index (Phi) is 3.84. The lowest BCUT2D eigenvalue weighted by atomic mass is 10.0. The molecule has 0 aromatic heterocycles. The Bertz CT molecular complexity index is 701. The Labute approximate surface area is 126 Å². The zero-order chi connectivity index (χ0) is 14.8. The Balaban J connectivity index is 1.78. The molecule has 21 heavy (non-hydrogen) atoms. The molecule has 5 heteroatoms. The van der Waals surface area contributed by atoms with E-state index in [1.807, 2.05) is 42.5 Å². The van der Waals surface area contributed by atoms with Crippen molar-refractivity contribution in [2.24, 2.45) is 0 Å². The van der Waals surface area contributed by atoms with E-state index in [2.05, 4.69) is 0 Å². The molecule has 1 atom stereocenters. The molecule has 1 aliphatic heterocycles. The molecule has 3 rings (SSSR count). The fraction of sp³-hybridized carbons (Fsp3) is 0.250. The summed E-state index contributed by atoms with van der Waals surface area (Å²) in [6, 6.07) is 13.2. The summed E-state index contributed by atoms with van der Waals surface area (Å²) < 4.78 is 0. The van der Waals surface area contributed by atoms with Crippen molar-refractivity contribution in [1.82, 2.24) is 4.90 Å². The molecule has 1 aliphatic rings. The number of aliphatic carboxylic acids is 1. The highest BCUT2D eigenvalue weighted by Gasteiger charge is 2.34. The van der Waals surface area contributed by atoms with Crippen LogP contribution in [-0.4, -0.2) is 39.6 Å². The number of carboxylic acids is 1. The van der Waals surface area contributed by atoms with Gasteiger partial charge in [-0.15, -0.1) is 11.8 Å². The van der Waals surface area contributed by atoms with Crippen molar-refractivity contribution in [3.05, 3.63) is 48.0 Å². The predicted octanol–water partition coefficient (Wildman–Crippen LogP) is 2.37. The van der Waals surface area contributed by atoms with E-state index in [4.69, 9.17) is 5.11 Å². The van der Waals surface area contributed by atoms with Crippen LogP contribution in [0.15, 0.2) is 42.5 Å². The van der Waals surface area contributed by atoms with Crippen LogP contribution in [0.4, 0.5) is 0 Å². The number of fused-ring (bicyclic) bond motifs is 1. The maximum Gasteiger partial charge on any atom is 0.327 e. The fourth-order valence-corrected chi connectivity index (χ4v) is 3.69. The van der Waals surface area contributed by atoms with Gasteiger partial charge in [0.2, 0.25) is 5.91 Å². The van der Waals surface area contributed by atoms with Gasteiger partial charge in [-0.3, -0.25) is 4.79 Å². The van der Waals surface area contributed by atoms with E-state index in [-0.39, 0.29) is 12.3 Å².